The molecule has 0 aliphatic heterocycles. The van der Waals surface area contributed by atoms with Crippen LogP contribution in [0.1, 0.15) is 84.0 Å². The van der Waals surface area contributed by atoms with Gasteiger partial charge in [0, 0.05) is 0 Å². The average molecular weight is 332 g/mol. The number of nitrogens with zero attached hydrogens (tertiary/aromatic N) is 1. The summed E-state index contributed by atoms with van der Waals surface area (Å²) in [5.74, 6) is 1.94. The fourth-order valence-electron chi connectivity index (χ4n) is 4.74. The predicted octanol–water partition coefficient (Wildman–Crippen LogP) is 7.11. The lowest BCUT2D eigenvalue weighted by Gasteiger charge is -2.35. The molecule has 2 heteroatoms. The van der Waals surface area contributed by atoms with Gasteiger partial charge in [-0.3, -0.25) is 0 Å². The molecule has 0 amide bonds. The molecule has 134 valence electrons. The lowest BCUT2D eigenvalue weighted by atomic mass is 9.70. The highest BCUT2D eigenvalue weighted by Crippen LogP contribution is 2.42. The topological polar surface area (TPSA) is 23.8 Å². The van der Waals surface area contributed by atoms with Crippen molar-refractivity contribution in [3.05, 3.63) is 24.1 Å². The molecule has 0 heterocycles. The zero-order valence-electron chi connectivity index (χ0n) is 15.4. The molecule has 0 spiro atoms. The van der Waals surface area contributed by atoms with Crippen LogP contribution in [0.3, 0.4) is 0 Å². The normalized spacial score (nSPS) is 31.5. The first-order chi connectivity index (χ1) is 11.6. The largest absolute Gasteiger partial charge is 0.196 e. The van der Waals surface area contributed by atoms with Gasteiger partial charge < -0.3 is 0 Å². The lowest BCUT2D eigenvalue weighted by Crippen LogP contribution is -2.22. The highest BCUT2D eigenvalue weighted by molar-refractivity contribution is 5.15. The van der Waals surface area contributed by atoms with Crippen LogP contribution >= 0.6 is 0 Å². The summed E-state index contributed by atoms with van der Waals surface area (Å²) in [6.45, 7) is 6.74. The third-order valence-electron chi connectivity index (χ3n) is 6.37. The molecule has 2 aliphatic carbocycles. The molecule has 24 heavy (non-hydrogen) atoms. The Kier molecular flexibility index (Phi) is 8.03. The van der Waals surface area contributed by atoms with E-state index in [-0.39, 0.29) is 5.92 Å². The zero-order chi connectivity index (χ0) is 17.4. The first-order valence-corrected chi connectivity index (χ1v) is 10.1. The number of unbranched alkanes of at least 4 members (excludes halogenated alkanes) is 2. The van der Waals surface area contributed by atoms with E-state index in [4.69, 9.17) is 5.26 Å². The summed E-state index contributed by atoms with van der Waals surface area (Å²) in [5.41, 5.74) is 1.48. The second-order valence-electron chi connectivity index (χ2n) is 8.03. The van der Waals surface area contributed by atoms with E-state index >= 15 is 0 Å². The Labute approximate surface area is 148 Å². The summed E-state index contributed by atoms with van der Waals surface area (Å²) in [5, 5.41) is 8.56. The number of hydrogen-bond acceptors (Lipinski definition) is 1. The second kappa shape index (κ2) is 10.0. The molecule has 0 N–H and O–H groups in total. The van der Waals surface area contributed by atoms with E-state index in [1.807, 2.05) is 0 Å². The second-order valence-corrected chi connectivity index (χ2v) is 8.03. The standard InChI is InChI=1S/C22H34FN/c1-3-4-5-6-18-7-11-20(12-8-18)17(2)21-13-9-19(10-14-21)15-22(23)16-24/h15,18-21H,2-14H2,1H3/b22-15+/t18-,19-,20-,21-. The van der Waals surface area contributed by atoms with Gasteiger partial charge in [0.1, 0.15) is 6.07 Å². The van der Waals surface area contributed by atoms with Crippen molar-refractivity contribution in [3.8, 4) is 6.07 Å². The van der Waals surface area contributed by atoms with Gasteiger partial charge in [0.2, 0.25) is 0 Å². The molecule has 0 aromatic heterocycles. The number of hydrogen-bond donors (Lipinski definition) is 0. The Morgan fingerprint density at radius 2 is 1.62 bits per heavy atom. The number of nitriles is 1. The quantitative estimate of drug-likeness (QED) is 0.277. The van der Waals surface area contributed by atoms with E-state index < -0.39 is 5.83 Å². The molecule has 0 aromatic carbocycles. The Hall–Kier alpha value is -1.10. The maximum absolute atomic E-state index is 13.1. The minimum atomic E-state index is -0.612. The molecule has 0 saturated heterocycles. The van der Waals surface area contributed by atoms with Crippen LogP contribution in [0.2, 0.25) is 0 Å². The SMILES string of the molecule is C=C([C@H]1CC[C@H](/C=C(/F)C#N)CC1)[C@H]1CC[C@H](CCCCC)CC1. The van der Waals surface area contributed by atoms with Gasteiger partial charge in [0.05, 0.1) is 0 Å². The first-order valence-electron chi connectivity index (χ1n) is 10.1. The molecule has 1 nitrogen and oxygen atoms in total. The summed E-state index contributed by atoms with van der Waals surface area (Å²) in [6.07, 6.45) is 16.8. The molecule has 0 bridgehead atoms. The summed E-state index contributed by atoms with van der Waals surface area (Å²) < 4.78 is 13.1. The summed E-state index contributed by atoms with van der Waals surface area (Å²) in [4.78, 5) is 0. The maximum Gasteiger partial charge on any atom is 0.196 e. The molecule has 2 saturated carbocycles. The smallest absolute Gasteiger partial charge is 0.195 e. The molecule has 2 fully saturated rings. The Balaban J connectivity index is 1.71. The number of rotatable bonds is 7. The van der Waals surface area contributed by atoms with E-state index in [1.165, 1.54) is 63.0 Å². The van der Waals surface area contributed by atoms with E-state index in [1.54, 1.807) is 6.07 Å². The molecule has 0 unspecified atom stereocenters. The van der Waals surface area contributed by atoms with Gasteiger partial charge in [-0.1, -0.05) is 44.8 Å². The molecule has 0 aromatic rings. The zero-order valence-corrected chi connectivity index (χ0v) is 15.4. The molecular formula is C22H34FN. The van der Waals surface area contributed by atoms with Gasteiger partial charge >= 0.3 is 0 Å². The fourth-order valence-corrected chi connectivity index (χ4v) is 4.74. The van der Waals surface area contributed by atoms with E-state index in [0.717, 1.165) is 37.5 Å². The summed E-state index contributed by atoms with van der Waals surface area (Å²) in [6, 6.07) is 1.60. The maximum atomic E-state index is 13.1. The number of allylic oxidation sites excluding steroid dienone is 3. The van der Waals surface area contributed by atoms with Gasteiger partial charge in [0.25, 0.3) is 0 Å². The van der Waals surface area contributed by atoms with E-state index in [0.29, 0.717) is 5.92 Å². The van der Waals surface area contributed by atoms with Crippen LogP contribution < -0.4 is 0 Å². The first kappa shape index (κ1) is 19.2. The lowest BCUT2D eigenvalue weighted by molar-refractivity contribution is 0.252. The van der Waals surface area contributed by atoms with Crippen LogP contribution in [0.25, 0.3) is 0 Å². The van der Waals surface area contributed by atoms with Crippen molar-refractivity contribution in [1.29, 1.82) is 5.26 Å². The highest BCUT2D eigenvalue weighted by atomic mass is 19.1. The van der Waals surface area contributed by atoms with Gasteiger partial charge in [-0.05, 0) is 81.1 Å². The Morgan fingerprint density at radius 1 is 1.04 bits per heavy atom. The molecule has 0 radical (unpaired) electrons. The minimum absolute atomic E-state index is 0.253. The van der Waals surface area contributed by atoms with E-state index in [9.17, 15) is 4.39 Å². The summed E-state index contributed by atoms with van der Waals surface area (Å²) >= 11 is 0. The molecular weight excluding hydrogens is 297 g/mol. The van der Waals surface area contributed by atoms with Crippen LogP contribution in [0.15, 0.2) is 24.1 Å². The van der Waals surface area contributed by atoms with Crippen molar-refractivity contribution in [3.63, 3.8) is 0 Å². The van der Waals surface area contributed by atoms with Crippen LogP contribution in [-0.2, 0) is 0 Å². The van der Waals surface area contributed by atoms with Gasteiger partial charge in [-0.15, -0.1) is 0 Å². The monoisotopic (exact) mass is 331 g/mol. The van der Waals surface area contributed by atoms with Gasteiger partial charge in [0.15, 0.2) is 5.83 Å². The third kappa shape index (κ3) is 5.76. The Bertz CT molecular complexity index is 457. The van der Waals surface area contributed by atoms with Crippen molar-refractivity contribution in [2.75, 3.05) is 0 Å². The van der Waals surface area contributed by atoms with E-state index in [2.05, 4.69) is 13.5 Å². The van der Waals surface area contributed by atoms with Crippen LogP contribution in [0, 0.1) is 35.0 Å². The number of halogens is 1. The summed E-state index contributed by atoms with van der Waals surface area (Å²) in [7, 11) is 0. The van der Waals surface area contributed by atoms with Crippen molar-refractivity contribution >= 4 is 0 Å². The van der Waals surface area contributed by atoms with Crippen molar-refractivity contribution in [2.24, 2.45) is 23.7 Å². The average Bonchev–Trinajstić information content (AvgIpc) is 2.62. The van der Waals surface area contributed by atoms with Crippen LogP contribution in [0.4, 0.5) is 4.39 Å². The van der Waals surface area contributed by atoms with Crippen LogP contribution in [0.5, 0.6) is 0 Å². The highest BCUT2D eigenvalue weighted by Gasteiger charge is 2.29. The van der Waals surface area contributed by atoms with Crippen molar-refractivity contribution < 1.29 is 4.39 Å². The van der Waals surface area contributed by atoms with Gasteiger partial charge in [-0.2, -0.15) is 9.65 Å². The molecule has 2 aliphatic rings. The molecule has 2 rings (SSSR count). The predicted molar refractivity (Wildman–Crippen MR) is 99.0 cm³/mol. The minimum Gasteiger partial charge on any atom is -0.195 e. The van der Waals surface area contributed by atoms with Gasteiger partial charge in [-0.25, -0.2) is 0 Å². The Morgan fingerprint density at radius 3 is 2.17 bits per heavy atom. The van der Waals surface area contributed by atoms with Crippen molar-refractivity contribution in [1.82, 2.24) is 0 Å². The van der Waals surface area contributed by atoms with Crippen LogP contribution in [-0.4, -0.2) is 0 Å². The molecule has 0 atom stereocenters. The van der Waals surface area contributed by atoms with Crippen molar-refractivity contribution in [2.45, 2.75) is 84.0 Å². The fraction of sp³-hybridized carbons (Fsp3) is 0.773. The third-order valence-corrected chi connectivity index (χ3v) is 6.37.